The third-order valence-electron chi connectivity index (χ3n) is 4.99. The maximum absolute atomic E-state index is 13.4. The van der Waals surface area contributed by atoms with E-state index in [1.165, 1.54) is 17.8 Å². The van der Waals surface area contributed by atoms with Gasteiger partial charge in [0.05, 0.1) is 17.1 Å². The van der Waals surface area contributed by atoms with Gasteiger partial charge in [0.25, 0.3) is 5.56 Å². The average Bonchev–Trinajstić information content (AvgIpc) is 3.22. The van der Waals surface area contributed by atoms with Crippen molar-refractivity contribution in [1.29, 1.82) is 0 Å². The van der Waals surface area contributed by atoms with Crippen LogP contribution in [-0.4, -0.2) is 21.8 Å². The lowest BCUT2D eigenvalue weighted by molar-refractivity contribution is -0.131. The highest BCUT2D eigenvalue weighted by Crippen LogP contribution is 2.29. The van der Waals surface area contributed by atoms with Crippen molar-refractivity contribution in [3.8, 4) is 17.3 Å². The average molecular weight is 537 g/mol. The number of furan rings is 1. The highest BCUT2D eigenvalue weighted by molar-refractivity contribution is 9.10. The molecule has 168 valence electrons. The zero-order valence-corrected chi connectivity index (χ0v) is 20.0. The molecule has 0 amide bonds. The number of hydrogen-bond donors (Lipinski definition) is 0. The van der Waals surface area contributed by atoms with Crippen LogP contribution in [0.4, 0.5) is 0 Å². The van der Waals surface area contributed by atoms with Gasteiger partial charge in [0.1, 0.15) is 11.3 Å². The van der Waals surface area contributed by atoms with Crippen LogP contribution < -0.4 is 10.3 Å². The Labute approximate surface area is 206 Å². The van der Waals surface area contributed by atoms with E-state index in [0.717, 1.165) is 9.86 Å². The van der Waals surface area contributed by atoms with Gasteiger partial charge in [0.2, 0.25) is 5.82 Å². The first-order valence-electron chi connectivity index (χ1n) is 10.1. The normalized spacial score (nSPS) is 11.5. The fourth-order valence-corrected chi connectivity index (χ4v) is 4.06. The van der Waals surface area contributed by atoms with Gasteiger partial charge in [-0.2, -0.15) is 9.78 Å². The number of para-hydroxylation sites is 1. The van der Waals surface area contributed by atoms with Gasteiger partial charge in [0.15, 0.2) is 5.76 Å². The SMILES string of the molecule is CC(=O)Oc1ccc(Br)cc1C=Nn1c(-c2cc3cc(Cl)ccc3o2)nc2ccccc2c1=O. The van der Waals surface area contributed by atoms with Crippen molar-refractivity contribution >= 4 is 61.6 Å². The molecule has 2 aromatic heterocycles. The summed E-state index contributed by atoms with van der Waals surface area (Å²) in [7, 11) is 0. The minimum atomic E-state index is -0.469. The number of esters is 1. The largest absolute Gasteiger partial charge is 0.453 e. The van der Waals surface area contributed by atoms with Crippen LogP contribution >= 0.6 is 27.5 Å². The molecule has 0 saturated carbocycles. The quantitative estimate of drug-likeness (QED) is 0.159. The second kappa shape index (κ2) is 8.89. The Morgan fingerprint density at radius 2 is 1.97 bits per heavy atom. The highest BCUT2D eigenvalue weighted by Gasteiger charge is 2.17. The molecular weight excluding hydrogens is 522 g/mol. The van der Waals surface area contributed by atoms with Crippen molar-refractivity contribution in [3.63, 3.8) is 0 Å². The molecule has 0 saturated heterocycles. The van der Waals surface area contributed by atoms with Crippen molar-refractivity contribution in [1.82, 2.24) is 9.66 Å². The van der Waals surface area contributed by atoms with Gasteiger partial charge in [-0.1, -0.05) is 39.7 Å². The monoisotopic (exact) mass is 535 g/mol. The molecule has 0 fully saturated rings. The van der Waals surface area contributed by atoms with E-state index in [0.29, 0.717) is 38.6 Å². The summed E-state index contributed by atoms with van der Waals surface area (Å²) in [6.07, 6.45) is 1.43. The second-order valence-corrected chi connectivity index (χ2v) is 8.73. The molecule has 9 heteroatoms. The molecule has 0 aliphatic carbocycles. The summed E-state index contributed by atoms with van der Waals surface area (Å²) in [5.74, 6) is 0.410. The summed E-state index contributed by atoms with van der Waals surface area (Å²) in [6.45, 7) is 1.31. The fraction of sp³-hybridized carbons (Fsp3) is 0.0400. The maximum atomic E-state index is 13.4. The van der Waals surface area contributed by atoms with Crippen LogP contribution in [0, 0.1) is 0 Å². The van der Waals surface area contributed by atoms with Crippen LogP contribution in [0.2, 0.25) is 5.02 Å². The molecule has 0 radical (unpaired) electrons. The van der Waals surface area contributed by atoms with E-state index in [1.54, 1.807) is 66.7 Å². The first-order chi connectivity index (χ1) is 16.4. The van der Waals surface area contributed by atoms with Crippen molar-refractivity contribution < 1.29 is 13.9 Å². The third kappa shape index (κ3) is 4.25. The summed E-state index contributed by atoms with van der Waals surface area (Å²) in [5.41, 5.74) is 1.23. The maximum Gasteiger partial charge on any atom is 0.308 e. The van der Waals surface area contributed by atoms with Crippen LogP contribution in [0.3, 0.4) is 0 Å². The summed E-state index contributed by atoms with van der Waals surface area (Å²) in [6, 6.07) is 19.1. The van der Waals surface area contributed by atoms with Crippen LogP contribution in [0.5, 0.6) is 5.75 Å². The fourth-order valence-electron chi connectivity index (χ4n) is 3.50. The van der Waals surface area contributed by atoms with E-state index in [2.05, 4.69) is 26.0 Å². The number of carbonyl (C=O) groups excluding carboxylic acids is 1. The van der Waals surface area contributed by atoms with Gasteiger partial charge < -0.3 is 9.15 Å². The molecule has 0 atom stereocenters. The molecule has 0 bridgehead atoms. The summed E-state index contributed by atoms with van der Waals surface area (Å²) < 4.78 is 13.2. The molecule has 0 unspecified atom stereocenters. The van der Waals surface area contributed by atoms with Crippen molar-refractivity contribution in [2.75, 3.05) is 0 Å². The lowest BCUT2D eigenvalue weighted by Crippen LogP contribution is -2.20. The Balaban J connectivity index is 1.72. The van der Waals surface area contributed by atoms with Gasteiger partial charge in [-0.05, 0) is 54.6 Å². The van der Waals surface area contributed by atoms with E-state index < -0.39 is 5.97 Å². The molecule has 0 spiro atoms. The zero-order chi connectivity index (χ0) is 23.8. The second-order valence-electron chi connectivity index (χ2n) is 7.38. The number of carbonyl (C=O) groups is 1. The minimum absolute atomic E-state index is 0.219. The standard InChI is InChI=1S/C25H15BrClN3O4/c1-14(31)33-22-8-6-17(26)10-16(22)13-28-30-24(29-20-5-3-2-4-19(20)25(30)32)23-12-15-11-18(27)7-9-21(15)34-23/h2-13H,1H3. The molecule has 2 heterocycles. The van der Waals surface area contributed by atoms with E-state index >= 15 is 0 Å². The summed E-state index contributed by atoms with van der Waals surface area (Å²) >= 11 is 9.52. The van der Waals surface area contributed by atoms with Gasteiger partial charge in [-0.3, -0.25) is 9.59 Å². The van der Waals surface area contributed by atoms with Crippen LogP contribution in [-0.2, 0) is 4.79 Å². The molecule has 5 rings (SSSR count). The van der Waals surface area contributed by atoms with Crippen LogP contribution in [0.15, 0.2) is 85.5 Å². The number of fused-ring (bicyclic) bond motifs is 2. The van der Waals surface area contributed by atoms with E-state index in [-0.39, 0.29) is 11.4 Å². The van der Waals surface area contributed by atoms with Crippen molar-refractivity contribution in [2.45, 2.75) is 6.92 Å². The highest BCUT2D eigenvalue weighted by atomic mass is 79.9. The van der Waals surface area contributed by atoms with Crippen molar-refractivity contribution in [2.24, 2.45) is 5.10 Å². The lowest BCUT2D eigenvalue weighted by Gasteiger charge is -2.08. The van der Waals surface area contributed by atoms with Gasteiger partial charge in [0, 0.05) is 27.4 Å². The van der Waals surface area contributed by atoms with Gasteiger partial charge in [-0.15, -0.1) is 0 Å². The zero-order valence-electron chi connectivity index (χ0n) is 17.7. The number of aromatic nitrogens is 2. The molecule has 0 aliphatic heterocycles. The van der Waals surface area contributed by atoms with E-state index in [9.17, 15) is 9.59 Å². The molecular formula is C25H15BrClN3O4. The van der Waals surface area contributed by atoms with Crippen molar-refractivity contribution in [3.05, 3.63) is 92.1 Å². The summed E-state index contributed by atoms with van der Waals surface area (Å²) in [4.78, 5) is 29.6. The Morgan fingerprint density at radius 3 is 2.79 bits per heavy atom. The van der Waals surface area contributed by atoms with Crippen LogP contribution in [0.1, 0.15) is 12.5 Å². The van der Waals surface area contributed by atoms with Gasteiger partial charge >= 0.3 is 5.97 Å². The third-order valence-corrected chi connectivity index (χ3v) is 5.72. The predicted molar refractivity (Wildman–Crippen MR) is 135 cm³/mol. The predicted octanol–water partition coefficient (Wildman–Crippen LogP) is 6.03. The Morgan fingerprint density at radius 1 is 1.15 bits per heavy atom. The molecule has 0 aliphatic rings. The number of halogens is 2. The van der Waals surface area contributed by atoms with E-state index in [1.807, 2.05) is 0 Å². The van der Waals surface area contributed by atoms with Gasteiger partial charge in [-0.25, -0.2) is 4.98 Å². The number of nitrogens with zero attached hydrogens (tertiary/aromatic N) is 3. The molecule has 5 aromatic rings. The van der Waals surface area contributed by atoms with Crippen LogP contribution in [0.25, 0.3) is 33.5 Å². The Hall–Kier alpha value is -3.75. The Bertz CT molecular complexity index is 1670. The topological polar surface area (TPSA) is 86.7 Å². The smallest absolute Gasteiger partial charge is 0.308 e. The number of rotatable bonds is 4. The van der Waals surface area contributed by atoms with E-state index in [4.69, 9.17) is 20.8 Å². The minimum Gasteiger partial charge on any atom is -0.453 e. The molecule has 7 nitrogen and oxygen atoms in total. The number of hydrogen-bond acceptors (Lipinski definition) is 6. The first-order valence-corrected chi connectivity index (χ1v) is 11.3. The lowest BCUT2D eigenvalue weighted by atomic mass is 10.2. The number of ether oxygens (including phenoxy) is 1. The first kappa shape index (κ1) is 22.1. The Kier molecular flexibility index (Phi) is 5.77. The molecule has 34 heavy (non-hydrogen) atoms. The molecule has 0 N–H and O–H groups in total. The number of benzene rings is 3. The summed E-state index contributed by atoms with van der Waals surface area (Å²) in [5, 5.41) is 6.15. The molecule has 3 aromatic carbocycles.